The Balaban J connectivity index is 1.64. The van der Waals surface area contributed by atoms with Crippen LogP contribution in [0.15, 0.2) is 29.2 Å². The number of nitrogens with zero attached hydrogens (tertiary/aromatic N) is 3. The van der Waals surface area contributed by atoms with E-state index in [9.17, 15) is 9.18 Å². The molecule has 1 fully saturated rings. The van der Waals surface area contributed by atoms with E-state index >= 15 is 0 Å². The molecule has 1 unspecified atom stereocenters. The van der Waals surface area contributed by atoms with Gasteiger partial charge in [0.15, 0.2) is 5.65 Å². The van der Waals surface area contributed by atoms with Crippen LogP contribution in [0.25, 0.3) is 11.2 Å². The van der Waals surface area contributed by atoms with E-state index in [0.29, 0.717) is 23.0 Å². The van der Waals surface area contributed by atoms with Crippen LogP contribution >= 0.6 is 11.6 Å². The first kappa shape index (κ1) is 17.0. The zero-order chi connectivity index (χ0) is 18.1. The van der Waals surface area contributed by atoms with E-state index in [0.717, 1.165) is 26.1 Å². The SMILES string of the molecule is O=c1[nH]c2cnc(NCC3CCNC3)nc2n1Cc1c(F)cccc1Cl. The first-order valence-electron chi connectivity index (χ1n) is 8.45. The van der Waals surface area contributed by atoms with Gasteiger partial charge in [-0.05, 0) is 37.6 Å². The molecule has 9 heteroatoms. The molecule has 0 spiro atoms. The van der Waals surface area contributed by atoms with Crippen molar-refractivity contribution in [2.75, 3.05) is 25.0 Å². The van der Waals surface area contributed by atoms with E-state index in [1.807, 2.05) is 0 Å². The van der Waals surface area contributed by atoms with Gasteiger partial charge in [-0.25, -0.2) is 14.2 Å². The van der Waals surface area contributed by atoms with Crippen LogP contribution in [0.1, 0.15) is 12.0 Å². The summed E-state index contributed by atoms with van der Waals surface area (Å²) >= 11 is 6.09. The van der Waals surface area contributed by atoms with Crippen molar-refractivity contribution in [1.82, 2.24) is 24.8 Å². The zero-order valence-electron chi connectivity index (χ0n) is 13.9. The third-order valence-electron chi connectivity index (χ3n) is 4.60. The second-order valence-corrected chi connectivity index (χ2v) is 6.79. The van der Waals surface area contributed by atoms with Crippen molar-refractivity contribution in [1.29, 1.82) is 0 Å². The molecule has 0 bridgehead atoms. The summed E-state index contributed by atoms with van der Waals surface area (Å²) in [6, 6.07) is 4.44. The standard InChI is InChI=1S/C17H18ClFN6O/c18-12-2-1-3-13(19)11(12)9-25-15-14(23-17(25)26)8-22-16(24-15)21-7-10-4-5-20-6-10/h1-3,8,10,20H,4-7,9H2,(H,23,26)(H,21,22,24). The number of anilines is 1. The summed E-state index contributed by atoms with van der Waals surface area (Å²) in [6.07, 6.45) is 2.66. The van der Waals surface area contributed by atoms with Gasteiger partial charge in [0.05, 0.1) is 12.7 Å². The fraction of sp³-hybridized carbons (Fsp3) is 0.353. The van der Waals surface area contributed by atoms with E-state index in [1.54, 1.807) is 12.3 Å². The normalized spacial score (nSPS) is 17.1. The van der Waals surface area contributed by atoms with Crippen molar-refractivity contribution in [2.45, 2.75) is 13.0 Å². The summed E-state index contributed by atoms with van der Waals surface area (Å²) in [5, 5.41) is 6.79. The lowest BCUT2D eigenvalue weighted by Gasteiger charge is -2.10. The van der Waals surface area contributed by atoms with Crippen LogP contribution in [0.2, 0.25) is 5.02 Å². The Morgan fingerprint density at radius 1 is 1.42 bits per heavy atom. The highest BCUT2D eigenvalue weighted by molar-refractivity contribution is 6.31. The van der Waals surface area contributed by atoms with E-state index in [-0.39, 0.29) is 22.8 Å². The molecule has 3 aromatic rings. The van der Waals surface area contributed by atoms with Crippen molar-refractivity contribution in [3.63, 3.8) is 0 Å². The Hall–Kier alpha value is -2.45. The number of fused-ring (bicyclic) bond motifs is 1. The van der Waals surface area contributed by atoms with Crippen LogP contribution < -0.4 is 16.3 Å². The maximum atomic E-state index is 14.1. The maximum absolute atomic E-state index is 14.1. The molecule has 0 radical (unpaired) electrons. The lowest BCUT2D eigenvalue weighted by molar-refractivity contribution is 0.598. The quantitative estimate of drug-likeness (QED) is 0.633. The first-order chi connectivity index (χ1) is 12.6. The van der Waals surface area contributed by atoms with Crippen molar-refractivity contribution in [3.8, 4) is 0 Å². The third kappa shape index (κ3) is 3.30. The van der Waals surface area contributed by atoms with Gasteiger partial charge in [0.1, 0.15) is 11.3 Å². The fourth-order valence-electron chi connectivity index (χ4n) is 3.14. The molecule has 3 heterocycles. The lowest BCUT2D eigenvalue weighted by Crippen LogP contribution is -2.20. The summed E-state index contributed by atoms with van der Waals surface area (Å²) in [4.78, 5) is 23.7. The van der Waals surface area contributed by atoms with Crippen molar-refractivity contribution in [3.05, 3.63) is 51.3 Å². The largest absolute Gasteiger partial charge is 0.354 e. The van der Waals surface area contributed by atoms with Crippen LogP contribution in [0.5, 0.6) is 0 Å². The Labute approximate surface area is 153 Å². The summed E-state index contributed by atoms with van der Waals surface area (Å²) < 4.78 is 15.5. The Morgan fingerprint density at radius 2 is 2.31 bits per heavy atom. The van der Waals surface area contributed by atoms with Gasteiger partial charge in [0, 0.05) is 17.1 Å². The lowest BCUT2D eigenvalue weighted by atomic mass is 10.1. The van der Waals surface area contributed by atoms with Gasteiger partial charge >= 0.3 is 5.69 Å². The van der Waals surface area contributed by atoms with Gasteiger partial charge < -0.3 is 15.6 Å². The number of imidazole rings is 1. The average Bonchev–Trinajstić information content (AvgIpc) is 3.24. The molecule has 3 N–H and O–H groups in total. The predicted octanol–water partition coefficient (Wildman–Crippen LogP) is 1.98. The minimum Gasteiger partial charge on any atom is -0.354 e. The van der Waals surface area contributed by atoms with Crippen molar-refractivity contribution in [2.24, 2.45) is 5.92 Å². The predicted molar refractivity (Wildman–Crippen MR) is 98.1 cm³/mol. The molecular weight excluding hydrogens is 359 g/mol. The first-order valence-corrected chi connectivity index (χ1v) is 8.82. The van der Waals surface area contributed by atoms with Crippen LogP contribution in [-0.2, 0) is 6.54 Å². The Kier molecular flexibility index (Phi) is 4.60. The van der Waals surface area contributed by atoms with Gasteiger partial charge in [-0.15, -0.1) is 0 Å². The number of nitrogens with one attached hydrogen (secondary N) is 3. The van der Waals surface area contributed by atoms with Crippen LogP contribution in [0, 0.1) is 11.7 Å². The molecule has 0 amide bonds. The van der Waals surface area contributed by atoms with Gasteiger partial charge in [0.2, 0.25) is 5.95 Å². The van der Waals surface area contributed by atoms with Crippen LogP contribution in [-0.4, -0.2) is 39.2 Å². The zero-order valence-corrected chi connectivity index (χ0v) is 14.7. The molecule has 2 aromatic heterocycles. The minimum atomic E-state index is -0.458. The average molecular weight is 377 g/mol. The number of H-pyrrole nitrogens is 1. The smallest absolute Gasteiger partial charge is 0.328 e. The highest BCUT2D eigenvalue weighted by Gasteiger charge is 2.16. The number of hydrogen-bond donors (Lipinski definition) is 3. The highest BCUT2D eigenvalue weighted by Crippen LogP contribution is 2.21. The monoisotopic (exact) mass is 376 g/mol. The summed E-state index contributed by atoms with van der Waals surface area (Å²) in [5.41, 5.74) is 0.778. The van der Waals surface area contributed by atoms with Crippen LogP contribution in [0.3, 0.4) is 0 Å². The van der Waals surface area contributed by atoms with Crippen molar-refractivity contribution >= 4 is 28.7 Å². The maximum Gasteiger partial charge on any atom is 0.328 e. The second kappa shape index (κ2) is 7.05. The topological polar surface area (TPSA) is 87.6 Å². The van der Waals surface area contributed by atoms with Gasteiger partial charge in [-0.2, -0.15) is 4.98 Å². The molecule has 1 aliphatic heterocycles. The molecule has 0 saturated carbocycles. The molecule has 7 nitrogen and oxygen atoms in total. The number of aromatic amines is 1. The number of rotatable bonds is 5. The molecule has 136 valence electrons. The molecule has 1 aliphatic rings. The molecular formula is C17H18ClFN6O. The van der Waals surface area contributed by atoms with E-state index in [4.69, 9.17) is 11.6 Å². The highest BCUT2D eigenvalue weighted by atomic mass is 35.5. The van der Waals surface area contributed by atoms with Crippen molar-refractivity contribution < 1.29 is 4.39 Å². The number of hydrogen-bond acceptors (Lipinski definition) is 5. The van der Waals surface area contributed by atoms with Gasteiger partial charge in [-0.1, -0.05) is 17.7 Å². The summed E-state index contributed by atoms with van der Waals surface area (Å²) in [6.45, 7) is 2.74. The summed E-state index contributed by atoms with van der Waals surface area (Å²) in [5.74, 6) is 0.511. The van der Waals surface area contributed by atoms with E-state index < -0.39 is 5.82 Å². The summed E-state index contributed by atoms with van der Waals surface area (Å²) in [7, 11) is 0. The molecule has 4 rings (SSSR count). The molecule has 26 heavy (non-hydrogen) atoms. The number of halogens is 2. The third-order valence-corrected chi connectivity index (χ3v) is 4.95. The number of aromatic nitrogens is 4. The Morgan fingerprint density at radius 3 is 3.08 bits per heavy atom. The fourth-order valence-corrected chi connectivity index (χ4v) is 3.37. The van der Waals surface area contributed by atoms with E-state index in [1.165, 1.54) is 16.7 Å². The number of benzene rings is 1. The van der Waals surface area contributed by atoms with Crippen LogP contribution in [0.4, 0.5) is 10.3 Å². The second-order valence-electron chi connectivity index (χ2n) is 6.39. The van der Waals surface area contributed by atoms with Gasteiger partial charge in [0.25, 0.3) is 0 Å². The Bertz CT molecular complexity index is 974. The molecule has 1 aromatic carbocycles. The molecule has 1 atom stereocenters. The molecule has 0 aliphatic carbocycles. The van der Waals surface area contributed by atoms with Gasteiger partial charge in [-0.3, -0.25) is 4.57 Å². The minimum absolute atomic E-state index is 0.00661. The van der Waals surface area contributed by atoms with E-state index in [2.05, 4.69) is 25.6 Å². The molecule has 1 saturated heterocycles.